The van der Waals surface area contributed by atoms with Gasteiger partial charge in [-0.05, 0) is 19.1 Å². The van der Waals surface area contributed by atoms with Crippen LogP contribution < -0.4 is 5.73 Å². The molecule has 0 atom stereocenters. The highest BCUT2D eigenvalue weighted by molar-refractivity contribution is 6.32. The van der Waals surface area contributed by atoms with E-state index in [1.807, 2.05) is 6.92 Å². The topological polar surface area (TPSA) is 60.9 Å². The van der Waals surface area contributed by atoms with Crippen molar-refractivity contribution >= 4 is 23.1 Å². The number of Topliss-reactive ketones (excluding diaryl/α,β-unsaturated/α-hetero) is 1. The number of benzene rings is 1. The smallest absolute Gasteiger partial charge is 0.168 e. The predicted octanol–water partition coefficient (Wildman–Crippen LogP) is 2.39. The van der Waals surface area contributed by atoms with Gasteiger partial charge >= 0.3 is 0 Å². The second-order valence-corrected chi connectivity index (χ2v) is 4.57. The molecule has 0 unspecified atom stereocenters. The largest absolute Gasteiger partial charge is 0.399 e. The first kappa shape index (κ1) is 12.6. The summed E-state index contributed by atoms with van der Waals surface area (Å²) in [6.45, 7) is 1.82. The number of nitrogens with zero attached hydrogens (tertiary/aromatic N) is 2. The molecule has 2 aromatic rings. The van der Waals surface area contributed by atoms with Gasteiger partial charge in [-0.25, -0.2) is 0 Å². The van der Waals surface area contributed by atoms with Crippen LogP contribution in [-0.2, 0) is 13.5 Å². The molecular weight excluding hydrogens is 250 g/mol. The van der Waals surface area contributed by atoms with Gasteiger partial charge in [-0.15, -0.1) is 0 Å². The molecule has 5 heteroatoms. The van der Waals surface area contributed by atoms with Crippen LogP contribution in [0.3, 0.4) is 0 Å². The van der Waals surface area contributed by atoms with Crippen molar-refractivity contribution in [1.29, 1.82) is 0 Å². The van der Waals surface area contributed by atoms with Gasteiger partial charge in [-0.1, -0.05) is 23.7 Å². The van der Waals surface area contributed by atoms with Crippen LogP contribution in [0.5, 0.6) is 0 Å². The fourth-order valence-electron chi connectivity index (χ4n) is 1.84. The molecule has 0 spiro atoms. The molecule has 0 bridgehead atoms. The molecule has 0 aliphatic rings. The number of aryl methyl sites for hydroxylation is 2. The molecular formula is C13H14ClN3O. The lowest BCUT2D eigenvalue weighted by atomic mass is 10.1. The summed E-state index contributed by atoms with van der Waals surface area (Å²) < 4.78 is 1.64. The first-order chi connectivity index (χ1) is 8.49. The van der Waals surface area contributed by atoms with Gasteiger partial charge in [0, 0.05) is 18.3 Å². The highest BCUT2D eigenvalue weighted by atomic mass is 35.5. The van der Waals surface area contributed by atoms with E-state index >= 15 is 0 Å². The van der Waals surface area contributed by atoms with Gasteiger partial charge in [0.25, 0.3) is 0 Å². The van der Waals surface area contributed by atoms with Gasteiger partial charge in [0.2, 0.25) is 0 Å². The minimum absolute atomic E-state index is 0.0211. The van der Waals surface area contributed by atoms with Crippen LogP contribution in [0.25, 0.3) is 0 Å². The van der Waals surface area contributed by atoms with Crippen molar-refractivity contribution in [3.05, 3.63) is 46.2 Å². The summed E-state index contributed by atoms with van der Waals surface area (Å²) in [6.07, 6.45) is 0.222. The molecule has 0 saturated carbocycles. The van der Waals surface area contributed by atoms with E-state index in [2.05, 4.69) is 5.10 Å². The van der Waals surface area contributed by atoms with Crippen LogP contribution in [0.2, 0.25) is 5.02 Å². The fourth-order valence-corrected chi connectivity index (χ4v) is 2.07. The highest BCUT2D eigenvalue weighted by Crippen LogP contribution is 2.21. The number of aromatic nitrogens is 2. The first-order valence-electron chi connectivity index (χ1n) is 5.55. The van der Waals surface area contributed by atoms with Crippen molar-refractivity contribution in [1.82, 2.24) is 9.78 Å². The lowest BCUT2D eigenvalue weighted by molar-refractivity contribution is 0.0991. The van der Waals surface area contributed by atoms with Gasteiger partial charge in [0.05, 0.1) is 22.8 Å². The first-order valence-corrected chi connectivity index (χ1v) is 5.93. The standard InChI is InChI=1S/C13H14ClN3O/c1-8-13(14)11(17(2)16-8)7-12(18)9-4-3-5-10(15)6-9/h3-6H,7,15H2,1-2H3. The number of hydrogen-bond donors (Lipinski definition) is 1. The van der Waals surface area contributed by atoms with Crippen molar-refractivity contribution in [2.45, 2.75) is 13.3 Å². The summed E-state index contributed by atoms with van der Waals surface area (Å²) in [5.74, 6) is -0.0211. The van der Waals surface area contributed by atoms with Gasteiger partial charge in [0.1, 0.15) is 0 Å². The predicted molar refractivity (Wildman–Crippen MR) is 71.8 cm³/mol. The number of rotatable bonds is 3. The van der Waals surface area contributed by atoms with Crippen molar-refractivity contribution in [3.63, 3.8) is 0 Å². The number of nitrogen functional groups attached to an aromatic ring is 1. The van der Waals surface area contributed by atoms with Crippen LogP contribution in [0, 0.1) is 6.92 Å². The number of ketones is 1. The van der Waals surface area contributed by atoms with E-state index in [0.717, 1.165) is 11.4 Å². The molecule has 0 fully saturated rings. The van der Waals surface area contributed by atoms with E-state index in [0.29, 0.717) is 16.3 Å². The maximum Gasteiger partial charge on any atom is 0.168 e. The zero-order valence-corrected chi connectivity index (χ0v) is 11.0. The van der Waals surface area contributed by atoms with Crippen molar-refractivity contribution in [3.8, 4) is 0 Å². The SMILES string of the molecule is Cc1nn(C)c(CC(=O)c2cccc(N)c2)c1Cl. The van der Waals surface area contributed by atoms with E-state index in [4.69, 9.17) is 17.3 Å². The van der Waals surface area contributed by atoms with Crippen LogP contribution in [0.4, 0.5) is 5.69 Å². The maximum absolute atomic E-state index is 12.1. The Morgan fingerprint density at radius 3 is 2.78 bits per heavy atom. The second-order valence-electron chi connectivity index (χ2n) is 4.20. The molecule has 1 aromatic carbocycles. The summed E-state index contributed by atoms with van der Waals surface area (Å²) in [5, 5.41) is 4.73. The van der Waals surface area contributed by atoms with Crippen molar-refractivity contribution < 1.29 is 4.79 Å². The number of carbonyl (C=O) groups is 1. The number of carbonyl (C=O) groups excluding carboxylic acids is 1. The van der Waals surface area contributed by atoms with E-state index in [9.17, 15) is 4.79 Å². The fraction of sp³-hybridized carbons (Fsp3) is 0.231. The van der Waals surface area contributed by atoms with E-state index < -0.39 is 0 Å². The minimum Gasteiger partial charge on any atom is -0.399 e. The van der Waals surface area contributed by atoms with Crippen LogP contribution >= 0.6 is 11.6 Å². The molecule has 1 aromatic heterocycles. The van der Waals surface area contributed by atoms with Crippen LogP contribution in [-0.4, -0.2) is 15.6 Å². The Balaban J connectivity index is 2.27. The third kappa shape index (κ3) is 2.38. The molecule has 1 heterocycles. The maximum atomic E-state index is 12.1. The van der Waals surface area contributed by atoms with Crippen molar-refractivity contribution in [2.75, 3.05) is 5.73 Å². The summed E-state index contributed by atoms with van der Waals surface area (Å²) in [6, 6.07) is 6.92. The summed E-state index contributed by atoms with van der Waals surface area (Å²) in [4.78, 5) is 12.1. The second kappa shape index (κ2) is 4.82. The quantitative estimate of drug-likeness (QED) is 0.683. The molecule has 94 valence electrons. The average molecular weight is 264 g/mol. The van der Waals surface area contributed by atoms with Crippen LogP contribution in [0.1, 0.15) is 21.7 Å². The van der Waals surface area contributed by atoms with E-state index in [1.165, 1.54) is 0 Å². The van der Waals surface area contributed by atoms with Crippen LogP contribution in [0.15, 0.2) is 24.3 Å². The Morgan fingerprint density at radius 1 is 1.50 bits per heavy atom. The Hall–Kier alpha value is -1.81. The molecule has 0 radical (unpaired) electrons. The number of anilines is 1. The molecule has 4 nitrogen and oxygen atoms in total. The zero-order chi connectivity index (χ0) is 13.3. The van der Waals surface area contributed by atoms with Crippen molar-refractivity contribution in [2.24, 2.45) is 7.05 Å². The summed E-state index contributed by atoms with van der Waals surface area (Å²) in [5.41, 5.74) is 8.28. The molecule has 0 aliphatic carbocycles. The van der Waals surface area contributed by atoms with Gasteiger partial charge in [0.15, 0.2) is 5.78 Å². The summed E-state index contributed by atoms with van der Waals surface area (Å²) >= 11 is 6.12. The molecule has 0 amide bonds. The highest BCUT2D eigenvalue weighted by Gasteiger charge is 2.15. The van der Waals surface area contributed by atoms with E-state index in [-0.39, 0.29) is 12.2 Å². The molecule has 18 heavy (non-hydrogen) atoms. The van der Waals surface area contributed by atoms with Gasteiger partial charge in [-0.2, -0.15) is 5.10 Å². The normalized spacial score (nSPS) is 10.6. The lowest BCUT2D eigenvalue weighted by Gasteiger charge is -2.03. The molecule has 2 N–H and O–H groups in total. The Kier molecular flexibility index (Phi) is 3.39. The number of nitrogens with two attached hydrogens (primary N) is 1. The number of halogens is 1. The molecule has 0 saturated heterocycles. The lowest BCUT2D eigenvalue weighted by Crippen LogP contribution is -2.08. The molecule has 0 aliphatic heterocycles. The third-order valence-corrected chi connectivity index (χ3v) is 3.29. The minimum atomic E-state index is -0.0211. The van der Waals surface area contributed by atoms with Gasteiger partial charge < -0.3 is 5.73 Å². The summed E-state index contributed by atoms with van der Waals surface area (Å²) in [7, 11) is 1.78. The monoisotopic (exact) mass is 263 g/mol. The van der Waals surface area contributed by atoms with Gasteiger partial charge in [-0.3, -0.25) is 9.48 Å². The molecule has 2 rings (SSSR count). The Morgan fingerprint density at radius 2 is 2.22 bits per heavy atom. The third-order valence-electron chi connectivity index (χ3n) is 2.80. The van der Waals surface area contributed by atoms with E-state index in [1.54, 1.807) is 36.0 Å². The average Bonchev–Trinajstić information content (AvgIpc) is 2.56. The zero-order valence-electron chi connectivity index (χ0n) is 10.3. The Labute approximate surface area is 110 Å². The number of hydrogen-bond acceptors (Lipinski definition) is 3. The Bertz CT molecular complexity index is 604.